The van der Waals surface area contributed by atoms with Crippen LogP contribution in [-0.2, 0) is 0 Å². The number of nitrogens with zero attached hydrogens (tertiary/aromatic N) is 1. The molecule has 1 heteroatoms. The third-order valence-electron chi connectivity index (χ3n) is 8.49. The summed E-state index contributed by atoms with van der Waals surface area (Å²) < 4.78 is 0. The van der Waals surface area contributed by atoms with Crippen molar-refractivity contribution in [3.8, 4) is 0 Å². The SMILES string of the molecule is C1CCC(N(C2CCCCC2)C23CC4CC(CC(C4)C2)C3)CC1. The third-order valence-corrected chi connectivity index (χ3v) is 8.49. The molecule has 0 saturated heterocycles. The summed E-state index contributed by atoms with van der Waals surface area (Å²) in [5.41, 5.74) is 0.665. The molecule has 6 rings (SSSR count). The van der Waals surface area contributed by atoms with Gasteiger partial charge in [0.25, 0.3) is 0 Å². The van der Waals surface area contributed by atoms with E-state index in [2.05, 4.69) is 4.90 Å². The van der Waals surface area contributed by atoms with E-state index in [1.54, 1.807) is 38.5 Å². The zero-order chi connectivity index (χ0) is 15.3. The van der Waals surface area contributed by atoms with Crippen LogP contribution in [0.2, 0.25) is 0 Å². The van der Waals surface area contributed by atoms with Crippen molar-refractivity contribution >= 4 is 0 Å². The summed E-state index contributed by atoms with van der Waals surface area (Å²) in [6.45, 7) is 0. The predicted molar refractivity (Wildman–Crippen MR) is 96.5 cm³/mol. The largest absolute Gasteiger partial charge is 0.292 e. The summed E-state index contributed by atoms with van der Waals surface area (Å²) >= 11 is 0. The van der Waals surface area contributed by atoms with Gasteiger partial charge in [-0.15, -0.1) is 0 Å². The summed E-state index contributed by atoms with van der Waals surface area (Å²) in [4.78, 5) is 3.26. The Morgan fingerprint density at radius 2 is 0.913 bits per heavy atom. The second kappa shape index (κ2) is 6.04. The fourth-order valence-electron chi connectivity index (χ4n) is 8.17. The zero-order valence-corrected chi connectivity index (χ0v) is 15.1. The Morgan fingerprint density at radius 3 is 1.30 bits per heavy atom. The smallest absolute Gasteiger partial charge is 0.0223 e. The van der Waals surface area contributed by atoms with E-state index in [0.717, 1.165) is 29.8 Å². The van der Waals surface area contributed by atoms with Crippen molar-refractivity contribution < 1.29 is 0 Å². The highest BCUT2D eigenvalue weighted by Gasteiger charge is 2.55. The van der Waals surface area contributed by atoms with Gasteiger partial charge >= 0.3 is 0 Å². The molecule has 0 N–H and O–H groups in total. The van der Waals surface area contributed by atoms with Gasteiger partial charge in [0.1, 0.15) is 0 Å². The lowest BCUT2D eigenvalue weighted by molar-refractivity contribution is -0.131. The molecule has 0 aromatic rings. The maximum absolute atomic E-state index is 3.26. The van der Waals surface area contributed by atoms with Gasteiger partial charge in [0.15, 0.2) is 0 Å². The van der Waals surface area contributed by atoms with Crippen molar-refractivity contribution in [1.82, 2.24) is 4.90 Å². The van der Waals surface area contributed by atoms with Gasteiger partial charge < -0.3 is 0 Å². The lowest BCUT2D eigenvalue weighted by atomic mass is 9.52. The normalized spacial score (nSPS) is 45.0. The highest BCUT2D eigenvalue weighted by molar-refractivity contribution is 5.10. The molecule has 6 aliphatic carbocycles. The van der Waals surface area contributed by atoms with Gasteiger partial charge in [-0.05, 0) is 82.0 Å². The molecule has 0 radical (unpaired) electrons. The van der Waals surface area contributed by atoms with Gasteiger partial charge in [0.2, 0.25) is 0 Å². The van der Waals surface area contributed by atoms with Crippen LogP contribution < -0.4 is 0 Å². The van der Waals surface area contributed by atoms with Crippen LogP contribution >= 0.6 is 0 Å². The molecule has 0 unspecified atom stereocenters. The molecule has 6 aliphatic rings. The highest BCUT2D eigenvalue weighted by atomic mass is 15.3. The van der Waals surface area contributed by atoms with Crippen molar-refractivity contribution in [3.05, 3.63) is 0 Å². The van der Waals surface area contributed by atoms with Crippen molar-refractivity contribution in [2.24, 2.45) is 17.8 Å². The molecule has 0 atom stereocenters. The summed E-state index contributed by atoms with van der Waals surface area (Å²) in [7, 11) is 0. The molecule has 0 amide bonds. The van der Waals surface area contributed by atoms with Crippen molar-refractivity contribution in [2.75, 3.05) is 0 Å². The molecule has 1 nitrogen and oxygen atoms in total. The minimum atomic E-state index is 0.665. The maximum Gasteiger partial charge on any atom is 0.0223 e. The van der Waals surface area contributed by atoms with Gasteiger partial charge in [0.05, 0.1) is 0 Å². The first-order valence-electron chi connectivity index (χ1n) is 11.1. The van der Waals surface area contributed by atoms with Crippen molar-refractivity contribution in [3.63, 3.8) is 0 Å². The van der Waals surface area contributed by atoms with Crippen LogP contribution in [0.4, 0.5) is 0 Å². The average molecular weight is 316 g/mol. The topological polar surface area (TPSA) is 3.24 Å². The summed E-state index contributed by atoms with van der Waals surface area (Å²) in [5, 5.41) is 0. The van der Waals surface area contributed by atoms with Gasteiger partial charge in [0, 0.05) is 17.6 Å². The average Bonchev–Trinajstić information content (AvgIpc) is 2.55. The monoisotopic (exact) mass is 315 g/mol. The summed E-state index contributed by atoms with van der Waals surface area (Å²) in [5.74, 6) is 3.32. The fraction of sp³-hybridized carbons (Fsp3) is 1.00. The first-order valence-corrected chi connectivity index (χ1v) is 11.1. The standard InChI is InChI=1S/C22H37N/c1-3-7-20(8-4-1)23(21-9-5-2-6-10-21)22-14-17-11-18(15-22)13-19(12-17)16-22/h17-21H,1-16H2. The van der Waals surface area contributed by atoms with E-state index in [4.69, 9.17) is 0 Å². The molecule has 0 aromatic carbocycles. The molecule has 4 bridgehead atoms. The second-order valence-corrected chi connectivity index (χ2v) is 10.1. The van der Waals surface area contributed by atoms with Crippen LogP contribution in [0.5, 0.6) is 0 Å². The number of rotatable bonds is 3. The Labute approximate surface area is 143 Å². The van der Waals surface area contributed by atoms with Crippen LogP contribution in [0.15, 0.2) is 0 Å². The summed E-state index contributed by atoms with van der Waals surface area (Å²) in [6, 6.07) is 1.92. The minimum Gasteiger partial charge on any atom is -0.292 e. The third kappa shape index (κ3) is 2.70. The lowest BCUT2D eigenvalue weighted by Crippen LogP contribution is -2.65. The Hall–Kier alpha value is -0.0400. The molecule has 130 valence electrons. The molecule has 23 heavy (non-hydrogen) atoms. The molecule has 6 fully saturated rings. The molecular weight excluding hydrogens is 278 g/mol. The second-order valence-electron chi connectivity index (χ2n) is 10.1. The van der Waals surface area contributed by atoms with Crippen molar-refractivity contribution in [2.45, 2.75) is 120 Å². The van der Waals surface area contributed by atoms with Crippen molar-refractivity contribution in [1.29, 1.82) is 0 Å². The predicted octanol–water partition coefficient (Wildman–Crippen LogP) is 5.92. The Morgan fingerprint density at radius 1 is 0.522 bits per heavy atom. The first kappa shape index (κ1) is 15.2. The fourth-order valence-corrected chi connectivity index (χ4v) is 8.17. The quantitative estimate of drug-likeness (QED) is 0.624. The highest BCUT2D eigenvalue weighted by Crippen LogP contribution is 2.59. The molecule has 6 saturated carbocycles. The molecular formula is C22H37N. The first-order chi connectivity index (χ1) is 11.3. The Balaban J connectivity index is 1.46. The van der Waals surface area contributed by atoms with E-state index in [1.165, 1.54) is 64.2 Å². The van der Waals surface area contributed by atoms with Gasteiger partial charge in [-0.25, -0.2) is 0 Å². The Kier molecular flexibility index (Phi) is 4.00. The molecule has 0 heterocycles. The zero-order valence-electron chi connectivity index (χ0n) is 15.1. The van der Waals surface area contributed by atoms with Crippen LogP contribution in [0, 0.1) is 17.8 Å². The summed E-state index contributed by atoms with van der Waals surface area (Å²) in [6.07, 6.45) is 24.7. The lowest BCUT2D eigenvalue weighted by Gasteiger charge is -2.64. The molecule has 0 aliphatic heterocycles. The van der Waals surface area contributed by atoms with E-state index in [1.807, 2.05) is 0 Å². The maximum atomic E-state index is 3.26. The van der Waals surface area contributed by atoms with Gasteiger partial charge in [-0.2, -0.15) is 0 Å². The van der Waals surface area contributed by atoms with Crippen LogP contribution in [0.1, 0.15) is 103 Å². The van der Waals surface area contributed by atoms with Crippen LogP contribution in [-0.4, -0.2) is 22.5 Å². The van der Waals surface area contributed by atoms with E-state index in [-0.39, 0.29) is 0 Å². The van der Waals surface area contributed by atoms with Gasteiger partial charge in [-0.1, -0.05) is 38.5 Å². The van der Waals surface area contributed by atoms with Crippen LogP contribution in [0.25, 0.3) is 0 Å². The van der Waals surface area contributed by atoms with E-state index >= 15 is 0 Å². The molecule has 0 aromatic heterocycles. The van der Waals surface area contributed by atoms with E-state index < -0.39 is 0 Å². The van der Waals surface area contributed by atoms with E-state index in [9.17, 15) is 0 Å². The Bertz CT molecular complexity index is 362. The molecule has 0 spiro atoms. The number of hydrogen-bond acceptors (Lipinski definition) is 1. The van der Waals surface area contributed by atoms with Gasteiger partial charge in [-0.3, -0.25) is 4.90 Å². The van der Waals surface area contributed by atoms with Crippen LogP contribution in [0.3, 0.4) is 0 Å². The minimum absolute atomic E-state index is 0.665. The number of hydrogen-bond donors (Lipinski definition) is 0. The van der Waals surface area contributed by atoms with E-state index in [0.29, 0.717) is 5.54 Å².